The number of carbonyl (C=O) groups excluding carboxylic acids is 1. The van der Waals surface area contributed by atoms with Gasteiger partial charge in [0.15, 0.2) is 17.6 Å². The van der Waals surface area contributed by atoms with Crippen LogP contribution in [0.3, 0.4) is 0 Å². The SMILES string of the molecule is COc1ccc([C@@H]2CN(C(=O)C(O)CO)C[C@@]2(C)[C@@H](C)O)cc1OC1CN(c2cc(C)c(C(=O)O)cn2)C1. The summed E-state index contributed by atoms with van der Waals surface area (Å²) in [5.41, 5.74) is 0.981. The number of aromatic carboxylic acids is 1. The van der Waals surface area contributed by atoms with Crippen LogP contribution in [-0.2, 0) is 4.79 Å². The van der Waals surface area contributed by atoms with Gasteiger partial charge in [-0.2, -0.15) is 0 Å². The molecule has 2 aliphatic rings. The van der Waals surface area contributed by atoms with E-state index in [1.165, 1.54) is 11.1 Å². The maximum Gasteiger partial charge on any atom is 0.337 e. The second-order valence-electron chi connectivity index (χ2n) is 10.4. The number of carboxylic acid groups (broad SMARTS) is 1. The molecule has 1 unspecified atom stereocenters. The molecule has 1 aromatic heterocycles. The minimum absolute atomic E-state index is 0.148. The van der Waals surface area contributed by atoms with Crippen LogP contribution in [0.4, 0.5) is 5.82 Å². The van der Waals surface area contributed by atoms with Gasteiger partial charge in [-0.25, -0.2) is 9.78 Å². The highest BCUT2D eigenvalue weighted by Gasteiger charge is 2.49. The van der Waals surface area contributed by atoms with Crippen molar-refractivity contribution >= 4 is 17.7 Å². The third-order valence-electron chi connectivity index (χ3n) is 7.84. The number of aliphatic hydroxyl groups is 3. The van der Waals surface area contributed by atoms with Gasteiger partial charge in [-0.05, 0) is 43.2 Å². The minimum Gasteiger partial charge on any atom is -0.493 e. The number of aryl methyl sites for hydroxylation is 1. The van der Waals surface area contributed by atoms with E-state index in [2.05, 4.69) is 4.98 Å². The second kappa shape index (κ2) is 10.8. The van der Waals surface area contributed by atoms with Crippen molar-refractivity contribution in [3.05, 3.63) is 47.2 Å². The first kappa shape index (κ1) is 27.6. The smallest absolute Gasteiger partial charge is 0.337 e. The standard InChI is InChI=1S/C27H35N3O8/c1-15-7-24(28-9-19(15)26(35)36)29-10-18(11-29)38-23-8-17(5-6-22(23)37-4)20-12-30(25(34)21(33)13-31)14-27(20,3)16(2)32/h5-9,16,18,20-21,31-33H,10-14H2,1-4H3,(H,35,36)/t16-,20+,21?,27+/m1/s1. The quantitative estimate of drug-likeness (QED) is 0.370. The first-order valence-electron chi connectivity index (χ1n) is 12.5. The number of nitrogens with zero attached hydrogens (tertiary/aromatic N) is 3. The molecule has 1 amide bonds. The molecule has 3 heterocycles. The Labute approximate surface area is 221 Å². The molecule has 1 aromatic carbocycles. The van der Waals surface area contributed by atoms with Gasteiger partial charge in [-0.3, -0.25) is 4.79 Å². The number of hydrogen-bond acceptors (Lipinski definition) is 9. The molecule has 2 fully saturated rings. The lowest BCUT2D eigenvalue weighted by Crippen LogP contribution is -2.54. The Hall–Kier alpha value is -3.41. The number of aromatic nitrogens is 1. The normalized spacial score (nSPS) is 23.1. The summed E-state index contributed by atoms with van der Waals surface area (Å²) < 4.78 is 11.8. The number of benzene rings is 1. The fourth-order valence-electron chi connectivity index (χ4n) is 5.20. The lowest BCUT2D eigenvalue weighted by Gasteiger charge is -2.40. The van der Waals surface area contributed by atoms with Crippen molar-refractivity contribution in [2.75, 3.05) is 44.8 Å². The molecule has 2 aliphatic heterocycles. The molecule has 2 aromatic rings. The van der Waals surface area contributed by atoms with Crippen LogP contribution in [0.15, 0.2) is 30.5 Å². The highest BCUT2D eigenvalue weighted by atomic mass is 16.5. The van der Waals surface area contributed by atoms with Gasteiger partial charge in [0, 0.05) is 30.6 Å². The first-order chi connectivity index (χ1) is 18.0. The number of methoxy groups -OCH3 is 1. The molecule has 4 atom stereocenters. The van der Waals surface area contributed by atoms with E-state index in [4.69, 9.17) is 9.47 Å². The van der Waals surface area contributed by atoms with Gasteiger partial charge >= 0.3 is 5.97 Å². The summed E-state index contributed by atoms with van der Waals surface area (Å²) >= 11 is 0. The fraction of sp³-hybridized carbons (Fsp3) is 0.519. The number of likely N-dealkylation sites (tertiary alicyclic amines) is 1. The Morgan fingerprint density at radius 1 is 1.18 bits per heavy atom. The van der Waals surface area contributed by atoms with Crippen LogP contribution in [0.5, 0.6) is 11.5 Å². The molecule has 0 spiro atoms. The van der Waals surface area contributed by atoms with Gasteiger partial charge in [0.05, 0.1) is 38.5 Å². The summed E-state index contributed by atoms with van der Waals surface area (Å²) in [5, 5.41) is 39.0. The molecule has 0 radical (unpaired) electrons. The lowest BCUT2D eigenvalue weighted by atomic mass is 9.72. The number of anilines is 1. The number of aliphatic hydroxyl groups excluding tert-OH is 3. The maximum absolute atomic E-state index is 12.6. The molecule has 4 rings (SSSR count). The molecule has 4 N–H and O–H groups in total. The van der Waals surface area contributed by atoms with Gasteiger partial charge < -0.3 is 39.7 Å². The average molecular weight is 530 g/mol. The number of hydrogen-bond donors (Lipinski definition) is 4. The Bertz CT molecular complexity index is 1200. The zero-order chi connectivity index (χ0) is 27.8. The van der Waals surface area contributed by atoms with Crippen LogP contribution in [-0.4, -0.2) is 100 Å². The number of pyridine rings is 1. The van der Waals surface area contributed by atoms with Gasteiger partial charge in [-0.15, -0.1) is 0 Å². The number of ether oxygens (including phenoxy) is 2. The molecule has 2 saturated heterocycles. The van der Waals surface area contributed by atoms with E-state index in [0.29, 0.717) is 36.0 Å². The number of rotatable bonds is 9. The predicted molar refractivity (Wildman–Crippen MR) is 138 cm³/mol. The lowest BCUT2D eigenvalue weighted by molar-refractivity contribution is -0.141. The largest absolute Gasteiger partial charge is 0.493 e. The van der Waals surface area contributed by atoms with E-state index >= 15 is 0 Å². The first-order valence-corrected chi connectivity index (χ1v) is 12.5. The summed E-state index contributed by atoms with van der Waals surface area (Å²) in [4.78, 5) is 31.6. The Morgan fingerprint density at radius 3 is 2.47 bits per heavy atom. The Morgan fingerprint density at radius 2 is 1.89 bits per heavy atom. The highest BCUT2D eigenvalue weighted by Crippen LogP contribution is 2.47. The third kappa shape index (κ3) is 5.13. The third-order valence-corrected chi connectivity index (χ3v) is 7.84. The molecular weight excluding hydrogens is 494 g/mol. The van der Waals surface area contributed by atoms with Crippen molar-refractivity contribution in [2.45, 2.75) is 45.0 Å². The molecule has 38 heavy (non-hydrogen) atoms. The van der Waals surface area contributed by atoms with Crippen LogP contribution in [0.2, 0.25) is 0 Å². The van der Waals surface area contributed by atoms with Crippen LogP contribution in [0.1, 0.15) is 41.3 Å². The van der Waals surface area contributed by atoms with Crippen LogP contribution >= 0.6 is 0 Å². The maximum atomic E-state index is 12.6. The predicted octanol–water partition coefficient (Wildman–Crippen LogP) is 1.03. The molecule has 0 aliphatic carbocycles. The topological polar surface area (TPSA) is 153 Å². The number of carbonyl (C=O) groups is 2. The van der Waals surface area contributed by atoms with E-state index in [0.717, 1.165) is 5.56 Å². The van der Waals surface area contributed by atoms with E-state index in [-0.39, 0.29) is 30.7 Å². The summed E-state index contributed by atoms with van der Waals surface area (Å²) in [6.07, 6.45) is -1.03. The highest BCUT2D eigenvalue weighted by molar-refractivity contribution is 5.89. The van der Waals surface area contributed by atoms with Crippen LogP contribution < -0.4 is 14.4 Å². The van der Waals surface area contributed by atoms with Gasteiger partial charge in [0.25, 0.3) is 5.91 Å². The van der Waals surface area contributed by atoms with Crippen LogP contribution in [0.25, 0.3) is 0 Å². The van der Waals surface area contributed by atoms with E-state index in [1.807, 2.05) is 24.0 Å². The summed E-state index contributed by atoms with van der Waals surface area (Å²) in [7, 11) is 1.55. The summed E-state index contributed by atoms with van der Waals surface area (Å²) in [6.45, 7) is 6.29. The van der Waals surface area contributed by atoms with E-state index in [1.54, 1.807) is 33.1 Å². The summed E-state index contributed by atoms with van der Waals surface area (Å²) in [6, 6.07) is 7.30. The Balaban J connectivity index is 1.51. The monoisotopic (exact) mass is 529 g/mol. The zero-order valence-corrected chi connectivity index (χ0v) is 22.0. The number of amides is 1. The number of carboxylic acids is 1. The van der Waals surface area contributed by atoms with Crippen molar-refractivity contribution < 1.29 is 39.5 Å². The van der Waals surface area contributed by atoms with Gasteiger partial charge in [0.2, 0.25) is 0 Å². The molecule has 0 saturated carbocycles. The second-order valence-corrected chi connectivity index (χ2v) is 10.4. The molecular formula is C27H35N3O8. The molecule has 11 heteroatoms. The van der Waals surface area contributed by atoms with Gasteiger partial charge in [-0.1, -0.05) is 13.0 Å². The molecule has 206 valence electrons. The van der Waals surface area contributed by atoms with E-state index in [9.17, 15) is 30.0 Å². The zero-order valence-electron chi connectivity index (χ0n) is 22.0. The minimum atomic E-state index is -1.50. The molecule has 11 nitrogen and oxygen atoms in total. The van der Waals surface area contributed by atoms with Crippen molar-refractivity contribution in [3.63, 3.8) is 0 Å². The van der Waals surface area contributed by atoms with Crippen LogP contribution in [0, 0.1) is 12.3 Å². The molecule has 0 bridgehead atoms. The van der Waals surface area contributed by atoms with E-state index < -0.39 is 36.1 Å². The van der Waals surface area contributed by atoms with Crippen molar-refractivity contribution in [1.82, 2.24) is 9.88 Å². The van der Waals surface area contributed by atoms with Crippen molar-refractivity contribution in [2.24, 2.45) is 5.41 Å². The average Bonchev–Trinajstić information content (AvgIpc) is 3.23. The van der Waals surface area contributed by atoms with Gasteiger partial charge in [0.1, 0.15) is 11.9 Å². The van der Waals surface area contributed by atoms with Crippen molar-refractivity contribution in [3.8, 4) is 11.5 Å². The fourth-order valence-corrected chi connectivity index (χ4v) is 5.20. The summed E-state index contributed by atoms with van der Waals surface area (Å²) in [5.74, 6) is -0.0588. The van der Waals surface area contributed by atoms with Crippen molar-refractivity contribution in [1.29, 1.82) is 0 Å². The Kier molecular flexibility index (Phi) is 7.82.